The van der Waals surface area contributed by atoms with Gasteiger partial charge in [0, 0.05) is 0 Å². The number of furan rings is 1. The maximum atomic E-state index is 4.58. The summed E-state index contributed by atoms with van der Waals surface area (Å²) >= 11 is 0. The first-order chi connectivity index (χ1) is 7.23. The van der Waals surface area contributed by atoms with Crippen molar-refractivity contribution in [1.29, 1.82) is 0 Å². The van der Waals surface area contributed by atoms with E-state index in [0.717, 1.165) is 5.92 Å². The maximum Gasteiger partial charge on any atom is 0.0902 e. The lowest BCUT2D eigenvalue weighted by molar-refractivity contribution is 0.469. The molecular formula is C15H32O. The van der Waals surface area contributed by atoms with Crippen molar-refractivity contribution in [3.63, 3.8) is 0 Å². The van der Waals surface area contributed by atoms with Gasteiger partial charge >= 0.3 is 0 Å². The minimum Gasteiger partial charge on any atom is -0.473 e. The van der Waals surface area contributed by atoms with Gasteiger partial charge in [-0.15, -0.1) is 0 Å². The predicted molar refractivity (Wildman–Crippen MR) is 75.7 cm³/mol. The Morgan fingerprint density at radius 3 is 1.06 bits per heavy atom. The molecule has 0 saturated heterocycles. The van der Waals surface area contributed by atoms with E-state index in [1.807, 2.05) is 26.0 Å². The molecule has 0 aliphatic rings. The maximum absolute atomic E-state index is 4.58. The topological polar surface area (TPSA) is 13.1 Å². The van der Waals surface area contributed by atoms with Crippen LogP contribution in [0.3, 0.4) is 0 Å². The summed E-state index contributed by atoms with van der Waals surface area (Å²) in [6.07, 6.45) is 3.25. The molecule has 0 fully saturated rings. The Balaban J connectivity index is -0.000000148. The molecule has 0 N–H and O–H groups in total. The monoisotopic (exact) mass is 228 g/mol. The van der Waals surface area contributed by atoms with E-state index in [0.29, 0.717) is 5.41 Å². The Labute approximate surface area is 103 Å². The molecule has 1 aromatic heterocycles. The van der Waals surface area contributed by atoms with Gasteiger partial charge in [0.2, 0.25) is 0 Å². The summed E-state index contributed by atoms with van der Waals surface area (Å²) in [6, 6.07) is 3.67. The van der Waals surface area contributed by atoms with Gasteiger partial charge in [0.25, 0.3) is 0 Å². The van der Waals surface area contributed by atoms with Gasteiger partial charge < -0.3 is 4.42 Å². The molecule has 98 valence electrons. The van der Waals surface area contributed by atoms with Gasteiger partial charge in [-0.25, -0.2) is 0 Å². The van der Waals surface area contributed by atoms with Gasteiger partial charge in [-0.2, -0.15) is 0 Å². The van der Waals surface area contributed by atoms with Crippen LogP contribution in [0.2, 0.25) is 0 Å². The lowest BCUT2D eigenvalue weighted by atomic mass is 10.0. The molecule has 0 aromatic carbocycles. The van der Waals surface area contributed by atoms with Crippen LogP contribution in [0.15, 0.2) is 29.1 Å². The van der Waals surface area contributed by atoms with Crippen molar-refractivity contribution in [2.75, 3.05) is 0 Å². The molecule has 0 unspecified atom stereocenters. The van der Waals surface area contributed by atoms with E-state index in [1.165, 1.54) is 0 Å². The van der Waals surface area contributed by atoms with Crippen LogP contribution in [0.1, 0.15) is 62.3 Å². The molecule has 0 radical (unpaired) electrons. The van der Waals surface area contributed by atoms with Gasteiger partial charge in [0.1, 0.15) is 0 Å². The lowest BCUT2D eigenvalue weighted by Crippen LogP contribution is -1.93. The van der Waals surface area contributed by atoms with Crippen molar-refractivity contribution < 1.29 is 4.42 Å². The van der Waals surface area contributed by atoms with E-state index in [2.05, 4.69) is 52.9 Å². The molecule has 0 atom stereocenters. The van der Waals surface area contributed by atoms with Crippen LogP contribution < -0.4 is 0 Å². The highest BCUT2D eigenvalue weighted by molar-refractivity contribution is 4.79. The van der Waals surface area contributed by atoms with E-state index in [1.54, 1.807) is 12.5 Å². The number of hydrogen-bond acceptors (Lipinski definition) is 1. The van der Waals surface area contributed by atoms with E-state index in [9.17, 15) is 0 Å². The number of hydrogen-bond donors (Lipinski definition) is 0. The highest BCUT2D eigenvalue weighted by Gasteiger charge is 1.95. The summed E-state index contributed by atoms with van der Waals surface area (Å²) in [5.74, 6) is 0.833. The van der Waals surface area contributed by atoms with E-state index in [4.69, 9.17) is 0 Å². The van der Waals surface area contributed by atoms with E-state index < -0.39 is 0 Å². The highest BCUT2D eigenvalue weighted by Crippen LogP contribution is 2.08. The van der Waals surface area contributed by atoms with Gasteiger partial charge in [0.05, 0.1) is 12.5 Å². The Hall–Kier alpha value is -0.720. The van der Waals surface area contributed by atoms with E-state index >= 15 is 0 Å². The van der Waals surface area contributed by atoms with Crippen molar-refractivity contribution in [1.82, 2.24) is 0 Å². The molecule has 0 bridgehead atoms. The Morgan fingerprint density at radius 2 is 1.00 bits per heavy atom. The summed E-state index contributed by atoms with van der Waals surface area (Å²) in [5, 5.41) is 0. The molecule has 1 nitrogen and oxygen atoms in total. The first-order valence-electron chi connectivity index (χ1n) is 6.20. The second-order valence-electron chi connectivity index (χ2n) is 5.53. The molecule has 0 spiro atoms. The average molecular weight is 228 g/mol. The molecule has 1 rings (SSSR count). The van der Waals surface area contributed by atoms with Gasteiger partial charge in [0.15, 0.2) is 0 Å². The molecule has 0 aliphatic carbocycles. The zero-order chi connectivity index (χ0) is 13.6. The predicted octanol–water partition coefficient (Wildman–Crippen LogP) is 6.02. The summed E-state index contributed by atoms with van der Waals surface area (Å²) in [7, 11) is 0. The molecule has 16 heavy (non-hydrogen) atoms. The van der Waals surface area contributed by atoms with Crippen molar-refractivity contribution in [3.05, 3.63) is 24.7 Å². The van der Waals surface area contributed by atoms with E-state index in [-0.39, 0.29) is 0 Å². The van der Waals surface area contributed by atoms with Crippen LogP contribution in [0, 0.1) is 11.3 Å². The fourth-order valence-electron chi connectivity index (χ4n) is 0.227. The van der Waals surface area contributed by atoms with Crippen LogP contribution in [0.4, 0.5) is 0 Å². The first-order valence-corrected chi connectivity index (χ1v) is 6.20. The van der Waals surface area contributed by atoms with Crippen LogP contribution in [0.25, 0.3) is 0 Å². The Bertz CT molecular complexity index is 142. The highest BCUT2D eigenvalue weighted by atomic mass is 16.3. The normalized spacial score (nSPS) is 8.88. The van der Waals surface area contributed by atoms with Crippen LogP contribution in [0.5, 0.6) is 0 Å². The average Bonchev–Trinajstić information content (AvgIpc) is 2.58. The van der Waals surface area contributed by atoms with Gasteiger partial charge in [-0.3, -0.25) is 0 Å². The van der Waals surface area contributed by atoms with Gasteiger partial charge in [-0.05, 0) is 23.5 Å². The Morgan fingerprint density at radius 1 is 0.812 bits per heavy atom. The minimum atomic E-state index is 0.500. The molecule has 0 aliphatic heterocycles. The lowest BCUT2D eigenvalue weighted by Gasteiger charge is -2.05. The fraction of sp³-hybridized carbons (Fsp3) is 0.733. The second-order valence-corrected chi connectivity index (χ2v) is 5.53. The second kappa shape index (κ2) is 14.3. The molecule has 1 heteroatoms. The summed E-state index contributed by atoms with van der Waals surface area (Å²) in [4.78, 5) is 0. The van der Waals surface area contributed by atoms with Crippen molar-refractivity contribution in [2.24, 2.45) is 11.3 Å². The molecule has 1 aromatic rings. The van der Waals surface area contributed by atoms with Crippen molar-refractivity contribution in [2.45, 2.75) is 62.3 Å². The zero-order valence-electron chi connectivity index (χ0n) is 12.8. The standard InChI is InChI=1S/C5H12.C4H4O.C4H10.C2H6/c1-5(2,3)4;1-2-4-5-3-1;1-4(2)3;1-2/h1-4H3;1-4H;4H,1-3H3;1-2H3. The quantitative estimate of drug-likeness (QED) is 0.529. The summed E-state index contributed by atoms with van der Waals surface area (Å²) in [6.45, 7) is 19.2. The molecular weight excluding hydrogens is 196 g/mol. The third-order valence-corrected chi connectivity index (χ3v) is 0.425. The zero-order valence-corrected chi connectivity index (χ0v) is 12.8. The van der Waals surface area contributed by atoms with Crippen LogP contribution >= 0.6 is 0 Å². The Kier molecular flexibility index (Phi) is 18.4. The SMILES string of the molecule is CC.CC(C)(C)C.CC(C)C.c1ccoc1. The van der Waals surface area contributed by atoms with Crippen molar-refractivity contribution in [3.8, 4) is 0 Å². The van der Waals surface area contributed by atoms with Gasteiger partial charge in [-0.1, -0.05) is 62.3 Å². The first kappa shape index (κ1) is 20.7. The largest absolute Gasteiger partial charge is 0.473 e. The smallest absolute Gasteiger partial charge is 0.0902 e. The molecule has 0 saturated carbocycles. The third-order valence-electron chi connectivity index (χ3n) is 0.425. The van der Waals surface area contributed by atoms with Crippen LogP contribution in [-0.2, 0) is 0 Å². The summed E-state index contributed by atoms with van der Waals surface area (Å²) in [5.41, 5.74) is 0.500. The minimum absolute atomic E-state index is 0.500. The summed E-state index contributed by atoms with van der Waals surface area (Å²) < 4.78 is 4.58. The third kappa shape index (κ3) is 109. The number of rotatable bonds is 0. The fourth-order valence-corrected chi connectivity index (χ4v) is 0.227. The molecule has 0 amide bonds. The van der Waals surface area contributed by atoms with Crippen molar-refractivity contribution >= 4 is 0 Å². The molecule has 1 heterocycles. The van der Waals surface area contributed by atoms with Crippen LogP contribution in [-0.4, -0.2) is 0 Å².